The Hall–Kier alpha value is -6.41. The summed E-state index contributed by atoms with van der Waals surface area (Å²) in [6.45, 7) is 11.1. The number of allylic oxidation sites excluding steroid dienone is 1. The predicted molar refractivity (Wildman–Crippen MR) is 258 cm³/mol. The Balaban J connectivity index is 0.916. The first-order valence-corrected chi connectivity index (χ1v) is 24.5. The van der Waals surface area contributed by atoms with E-state index >= 15 is 0 Å². The van der Waals surface area contributed by atoms with Crippen molar-refractivity contribution in [1.29, 1.82) is 0 Å². The third kappa shape index (κ3) is 10.3. The molecule has 1 aliphatic carbocycles. The summed E-state index contributed by atoms with van der Waals surface area (Å²) in [5, 5.41) is 17.1. The fraction of sp³-hybridized carbons (Fsp3) is 0.396. The molecule has 0 radical (unpaired) electrons. The van der Waals surface area contributed by atoms with Gasteiger partial charge in [0.05, 0.1) is 34.7 Å². The lowest BCUT2D eigenvalue weighted by atomic mass is 9.72. The van der Waals surface area contributed by atoms with Crippen LogP contribution < -0.4 is 24.4 Å². The third-order valence-corrected chi connectivity index (χ3v) is 14.8. The van der Waals surface area contributed by atoms with Gasteiger partial charge >= 0.3 is 6.09 Å². The molecule has 9 rings (SSSR count). The average Bonchev–Trinajstić information content (AvgIpc) is 3.80. The zero-order valence-corrected chi connectivity index (χ0v) is 39.7. The van der Waals surface area contributed by atoms with Crippen LogP contribution in [0, 0.1) is 15.5 Å². The van der Waals surface area contributed by atoms with Crippen LogP contribution in [0.15, 0.2) is 89.6 Å². The lowest BCUT2D eigenvalue weighted by Crippen LogP contribution is -2.52. The Labute approximate surface area is 399 Å². The number of nitro groups is 1. The number of piperazine rings is 2. The third-order valence-electron chi connectivity index (χ3n) is 13.2. The van der Waals surface area contributed by atoms with Gasteiger partial charge in [-0.15, -0.1) is 0 Å². The summed E-state index contributed by atoms with van der Waals surface area (Å²) in [5.41, 5.74) is 5.14. The van der Waals surface area contributed by atoms with E-state index in [4.69, 9.17) is 25.8 Å². The number of nitrogens with one attached hydrogen (secondary N) is 3. The van der Waals surface area contributed by atoms with Crippen molar-refractivity contribution in [2.45, 2.75) is 44.0 Å². The van der Waals surface area contributed by atoms with Crippen molar-refractivity contribution in [3.63, 3.8) is 0 Å². The van der Waals surface area contributed by atoms with Crippen LogP contribution in [0.25, 0.3) is 16.6 Å². The van der Waals surface area contributed by atoms with Crippen LogP contribution in [0.2, 0.25) is 5.02 Å². The highest BCUT2D eigenvalue weighted by molar-refractivity contribution is 7.90. The molecule has 3 aromatic carbocycles. The molecule has 358 valence electrons. The number of H-pyrrole nitrogens is 1. The minimum absolute atomic E-state index is 0.0302. The topological polar surface area (TPSA) is 205 Å². The van der Waals surface area contributed by atoms with Crippen LogP contribution in [-0.4, -0.2) is 135 Å². The van der Waals surface area contributed by atoms with Gasteiger partial charge in [-0.25, -0.2) is 22.9 Å². The van der Waals surface area contributed by atoms with Crippen LogP contribution in [0.4, 0.5) is 21.9 Å². The monoisotopic (exact) mass is 967 g/mol. The van der Waals surface area contributed by atoms with Gasteiger partial charge in [0.25, 0.3) is 21.6 Å². The summed E-state index contributed by atoms with van der Waals surface area (Å²) in [6.07, 6.45) is 6.02. The molecule has 0 saturated carbocycles. The number of fused-ring (bicyclic) bond motifs is 2. The van der Waals surface area contributed by atoms with Crippen molar-refractivity contribution in [2.24, 2.45) is 5.41 Å². The molecule has 0 bridgehead atoms. The Morgan fingerprint density at radius 2 is 1.74 bits per heavy atom. The molecular formula is C48H54ClN9O9S. The van der Waals surface area contributed by atoms with E-state index in [2.05, 4.69) is 60.7 Å². The number of amides is 2. The second-order valence-electron chi connectivity index (χ2n) is 18.5. The second-order valence-corrected chi connectivity index (χ2v) is 20.6. The first kappa shape index (κ1) is 46.7. The largest absolute Gasteiger partial charge is 0.489 e. The van der Waals surface area contributed by atoms with Gasteiger partial charge in [-0.1, -0.05) is 43.2 Å². The molecule has 20 heteroatoms. The summed E-state index contributed by atoms with van der Waals surface area (Å²) >= 11 is 6.25. The molecule has 1 atom stereocenters. The van der Waals surface area contributed by atoms with Gasteiger partial charge in [-0.2, -0.15) is 0 Å². The van der Waals surface area contributed by atoms with Crippen molar-refractivity contribution >= 4 is 67.3 Å². The zero-order valence-electron chi connectivity index (χ0n) is 38.1. The number of nitro benzene ring substituents is 1. The number of sulfonamides is 1. The Kier molecular flexibility index (Phi) is 13.2. The summed E-state index contributed by atoms with van der Waals surface area (Å²) in [7, 11) is -3.36. The zero-order chi connectivity index (χ0) is 47.7. The number of carbonyl (C=O) groups excluding carboxylic acids is 2. The maximum atomic E-state index is 14.1. The summed E-state index contributed by atoms with van der Waals surface area (Å²) in [6, 6.07) is 18.5. The van der Waals surface area contributed by atoms with E-state index in [9.17, 15) is 28.1 Å². The normalized spacial score (nSPS) is 18.9. The van der Waals surface area contributed by atoms with E-state index < -0.39 is 37.5 Å². The highest BCUT2D eigenvalue weighted by Crippen LogP contribution is 2.44. The standard InChI is InChI=1S/C48H54ClN9O9S/c1-48(2)12-10-33(40(26-48)31-4-6-34(49)7-5-31)28-54-14-18-56(19-15-54)36-8-9-39(42(23-36)67-37-22-32-11-13-50-45(32)51-27-37)46(59)53-68(63,64)38-24-41(58(61)62)44-43(25-38)66-30-35(52-44)29-55-16-20-57(21-17-55)47(60)65-3/h4-9,11,13,22-25,27,35,52H,10,12,14-21,26,28-30H2,1-3H3,(H,50,51)(H,53,59)/t35-/m1/s1. The number of methoxy groups -OCH3 is 1. The summed E-state index contributed by atoms with van der Waals surface area (Å²) in [5.74, 6) is -0.618. The minimum atomic E-state index is -4.70. The lowest BCUT2D eigenvalue weighted by Gasteiger charge is -2.39. The van der Waals surface area contributed by atoms with E-state index in [-0.39, 0.29) is 40.8 Å². The first-order chi connectivity index (χ1) is 32.6. The van der Waals surface area contributed by atoms with Crippen LogP contribution >= 0.6 is 11.6 Å². The molecule has 0 spiro atoms. The molecule has 3 N–H and O–H groups in total. The average molecular weight is 969 g/mol. The van der Waals surface area contributed by atoms with E-state index in [0.717, 1.165) is 67.1 Å². The number of pyridine rings is 1. The highest BCUT2D eigenvalue weighted by Gasteiger charge is 2.34. The van der Waals surface area contributed by atoms with E-state index in [0.29, 0.717) is 57.2 Å². The molecule has 2 saturated heterocycles. The Morgan fingerprint density at radius 3 is 2.47 bits per heavy atom. The van der Waals surface area contributed by atoms with Crippen LogP contribution in [0.5, 0.6) is 17.2 Å². The number of carbonyl (C=O) groups is 2. The highest BCUT2D eigenvalue weighted by atomic mass is 35.5. The quantitative estimate of drug-likeness (QED) is 0.0825. The molecule has 2 aromatic heterocycles. The predicted octanol–water partition coefficient (Wildman–Crippen LogP) is 7.38. The van der Waals surface area contributed by atoms with E-state index in [1.165, 1.54) is 36.1 Å². The van der Waals surface area contributed by atoms with Crippen molar-refractivity contribution in [3.05, 3.63) is 111 Å². The van der Waals surface area contributed by atoms with Gasteiger partial charge in [-0.3, -0.25) is 24.7 Å². The number of rotatable bonds is 12. The maximum absolute atomic E-state index is 14.1. The van der Waals surface area contributed by atoms with Gasteiger partial charge in [0, 0.05) is 106 Å². The number of halogens is 1. The summed E-state index contributed by atoms with van der Waals surface area (Å²) < 4.78 is 47.2. The molecule has 0 unspecified atom stereocenters. The number of aromatic amines is 1. The number of hydrogen-bond donors (Lipinski definition) is 3. The lowest BCUT2D eigenvalue weighted by molar-refractivity contribution is -0.384. The van der Waals surface area contributed by atoms with Crippen molar-refractivity contribution < 1.29 is 37.1 Å². The minimum Gasteiger partial charge on any atom is -0.489 e. The fourth-order valence-corrected chi connectivity index (χ4v) is 10.6. The van der Waals surface area contributed by atoms with Crippen LogP contribution in [-0.2, 0) is 14.8 Å². The molecule has 2 amide bonds. The first-order valence-electron chi connectivity index (χ1n) is 22.6. The Bertz CT molecular complexity index is 2870. The van der Waals surface area contributed by atoms with Crippen molar-refractivity contribution in [1.82, 2.24) is 29.4 Å². The fourth-order valence-electron chi connectivity index (χ4n) is 9.44. The summed E-state index contributed by atoms with van der Waals surface area (Å²) in [4.78, 5) is 53.1. The second kappa shape index (κ2) is 19.3. The van der Waals surface area contributed by atoms with Gasteiger partial charge in [-0.05, 0) is 72.2 Å². The molecule has 3 aliphatic heterocycles. The van der Waals surface area contributed by atoms with Gasteiger partial charge in [0.1, 0.15) is 23.8 Å². The van der Waals surface area contributed by atoms with Crippen LogP contribution in [0.1, 0.15) is 49.0 Å². The van der Waals surface area contributed by atoms with E-state index in [1.807, 2.05) is 18.2 Å². The Morgan fingerprint density at radius 1 is 0.985 bits per heavy atom. The number of aromatic nitrogens is 2. The SMILES string of the molecule is COC(=O)N1CCN(C[C@@H]2COc3cc(S(=O)(=O)NC(=O)c4ccc(N5CCN(CC6=C(c7ccc(Cl)cc7)CC(C)(C)CC6)CC5)cc4Oc4cnc5[nH]ccc5c4)cc([N+](=O)[O-])c3N2)CC1. The number of anilines is 2. The number of nitrogens with zero attached hydrogens (tertiary/aromatic N) is 6. The van der Waals surface area contributed by atoms with Crippen LogP contribution in [0.3, 0.4) is 0 Å². The molecule has 4 aliphatic rings. The number of benzene rings is 3. The number of hydrogen-bond acceptors (Lipinski definition) is 14. The van der Waals surface area contributed by atoms with Gasteiger partial charge in [0.2, 0.25) is 0 Å². The molecule has 18 nitrogen and oxygen atoms in total. The van der Waals surface area contributed by atoms with Gasteiger partial charge < -0.3 is 34.3 Å². The molecular weight excluding hydrogens is 914 g/mol. The smallest absolute Gasteiger partial charge is 0.409 e. The molecule has 5 aromatic rings. The molecule has 5 heterocycles. The molecule has 2 fully saturated rings. The van der Waals surface area contributed by atoms with Gasteiger partial charge in [0.15, 0.2) is 11.4 Å². The van der Waals surface area contributed by atoms with Crippen molar-refractivity contribution in [2.75, 3.05) is 89.4 Å². The van der Waals surface area contributed by atoms with E-state index in [1.54, 1.807) is 29.3 Å². The maximum Gasteiger partial charge on any atom is 0.409 e. The molecule has 68 heavy (non-hydrogen) atoms. The van der Waals surface area contributed by atoms with Crippen molar-refractivity contribution in [3.8, 4) is 17.2 Å². The number of ether oxygens (including phenoxy) is 3.